The minimum atomic E-state index is -0.697. The molecule has 34 heavy (non-hydrogen) atoms. The maximum atomic E-state index is 15.1. The number of fused-ring (bicyclic) bond motifs is 3. The molecular weight excluding hydrogens is 458 g/mol. The minimum absolute atomic E-state index is 0.176. The van der Waals surface area contributed by atoms with Gasteiger partial charge in [0.2, 0.25) is 5.88 Å². The lowest BCUT2D eigenvalue weighted by Crippen LogP contribution is -2.23. The summed E-state index contributed by atoms with van der Waals surface area (Å²) in [5, 5.41) is 0.590. The lowest BCUT2D eigenvalue weighted by molar-refractivity contribution is 0.399. The van der Waals surface area contributed by atoms with Crippen molar-refractivity contribution in [3.63, 3.8) is 0 Å². The number of methoxy groups -OCH3 is 1. The first-order valence-electron chi connectivity index (χ1n) is 10.5. The van der Waals surface area contributed by atoms with Crippen molar-refractivity contribution in [2.24, 2.45) is 7.05 Å². The van der Waals surface area contributed by atoms with E-state index in [1.807, 2.05) is 30.3 Å². The zero-order valence-corrected chi connectivity index (χ0v) is 19.3. The van der Waals surface area contributed by atoms with Gasteiger partial charge >= 0.3 is 5.69 Å². The van der Waals surface area contributed by atoms with E-state index in [4.69, 9.17) is 4.74 Å². The molecule has 0 atom stereocenters. The van der Waals surface area contributed by atoms with Crippen LogP contribution in [-0.4, -0.2) is 26.2 Å². The van der Waals surface area contributed by atoms with E-state index >= 15 is 8.78 Å². The lowest BCUT2D eigenvalue weighted by Gasteiger charge is -2.10. The number of halogens is 2. The van der Waals surface area contributed by atoms with Gasteiger partial charge in [-0.15, -0.1) is 11.8 Å². The molecule has 0 saturated heterocycles. The SMILES string of the molecule is COc1ccc2c(ncc3c2n(Cc2c(F)cc(SCc4ccccc4)cc2F)c(=O)n3C)n1. The second-order valence-electron chi connectivity index (χ2n) is 7.78. The Morgan fingerprint density at radius 3 is 2.50 bits per heavy atom. The van der Waals surface area contributed by atoms with Gasteiger partial charge in [0.25, 0.3) is 0 Å². The standard InChI is InChI=1S/C25H20F2N4O2S/c1-30-21-12-28-24-17(8-9-22(29-24)33-2)23(21)31(25(30)32)13-18-19(26)10-16(11-20(18)27)34-14-15-6-4-3-5-7-15/h3-12H,13-14H2,1-2H3. The summed E-state index contributed by atoms with van der Waals surface area (Å²) >= 11 is 1.35. The molecule has 0 radical (unpaired) electrons. The predicted molar refractivity (Wildman–Crippen MR) is 128 cm³/mol. The minimum Gasteiger partial charge on any atom is -0.481 e. The molecule has 0 bridgehead atoms. The van der Waals surface area contributed by atoms with E-state index in [1.165, 1.54) is 46.3 Å². The van der Waals surface area contributed by atoms with Gasteiger partial charge in [-0.05, 0) is 23.8 Å². The Morgan fingerprint density at radius 1 is 1.06 bits per heavy atom. The number of aryl methyl sites for hydroxylation is 1. The molecule has 0 N–H and O–H groups in total. The van der Waals surface area contributed by atoms with Crippen LogP contribution in [0.15, 0.2) is 70.5 Å². The van der Waals surface area contributed by atoms with Crippen LogP contribution in [-0.2, 0) is 19.3 Å². The Balaban J connectivity index is 1.54. The second-order valence-corrected chi connectivity index (χ2v) is 8.83. The van der Waals surface area contributed by atoms with Crippen molar-refractivity contribution in [2.75, 3.05) is 7.11 Å². The average Bonchev–Trinajstić information content (AvgIpc) is 3.10. The zero-order valence-electron chi connectivity index (χ0n) is 18.5. The van der Waals surface area contributed by atoms with Gasteiger partial charge in [0, 0.05) is 34.7 Å². The Kier molecular flexibility index (Phi) is 5.79. The van der Waals surface area contributed by atoms with E-state index in [1.54, 1.807) is 19.2 Å². The van der Waals surface area contributed by atoms with Crippen LogP contribution in [0.1, 0.15) is 11.1 Å². The molecule has 0 unspecified atom stereocenters. The number of rotatable bonds is 6. The Morgan fingerprint density at radius 2 is 1.79 bits per heavy atom. The van der Waals surface area contributed by atoms with E-state index in [-0.39, 0.29) is 12.1 Å². The monoisotopic (exact) mass is 478 g/mol. The predicted octanol–water partition coefficient (Wildman–Crippen LogP) is 4.91. The molecule has 0 aliphatic heterocycles. The summed E-state index contributed by atoms with van der Waals surface area (Å²) in [5.74, 6) is -0.419. The van der Waals surface area contributed by atoms with Crippen molar-refractivity contribution in [1.29, 1.82) is 0 Å². The zero-order chi connectivity index (χ0) is 23.8. The fourth-order valence-electron chi connectivity index (χ4n) is 3.92. The molecule has 0 saturated carbocycles. The first-order chi connectivity index (χ1) is 16.5. The summed E-state index contributed by atoms with van der Waals surface area (Å²) in [7, 11) is 3.10. The fraction of sp³-hybridized carbons (Fsp3) is 0.160. The number of thioether (sulfide) groups is 1. The molecule has 2 aromatic carbocycles. The molecule has 5 aromatic rings. The van der Waals surface area contributed by atoms with Gasteiger partial charge in [0.05, 0.1) is 30.9 Å². The Bertz CT molecular complexity index is 1560. The van der Waals surface area contributed by atoms with Gasteiger partial charge in [0.15, 0.2) is 5.65 Å². The van der Waals surface area contributed by atoms with Gasteiger partial charge in [0.1, 0.15) is 11.6 Å². The van der Waals surface area contributed by atoms with Crippen molar-refractivity contribution in [3.8, 4) is 5.88 Å². The van der Waals surface area contributed by atoms with E-state index in [2.05, 4.69) is 9.97 Å². The largest absolute Gasteiger partial charge is 0.481 e. The highest BCUT2D eigenvalue weighted by Crippen LogP contribution is 2.29. The van der Waals surface area contributed by atoms with Gasteiger partial charge in [-0.1, -0.05) is 30.3 Å². The number of aromatic nitrogens is 4. The quantitative estimate of drug-likeness (QED) is 0.325. The summed E-state index contributed by atoms with van der Waals surface area (Å²) < 4.78 is 38.0. The van der Waals surface area contributed by atoms with Crippen LogP contribution in [0.2, 0.25) is 0 Å². The summed E-state index contributed by atoms with van der Waals surface area (Å²) in [5.41, 5.74) is 1.91. The van der Waals surface area contributed by atoms with Gasteiger partial charge in [-0.2, -0.15) is 4.98 Å². The van der Waals surface area contributed by atoms with Gasteiger partial charge in [-0.25, -0.2) is 18.6 Å². The van der Waals surface area contributed by atoms with E-state index < -0.39 is 17.3 Å². The van der Waals surface area contributed by atoms with E-state index in [9.17, 15) is 4.79 Å². The molecule has 3 heterocycles. The third-order valence-electron chi connectivity index (χ3n) is 5.69. The fourth-order valence-corrected chi connectivity index (χ4v) is 4.82. The Hall–Kier alpha value is -3.72. The highest BCUT2D eigenvalue weighted by atomic mass is 32.2. The van der Waals surface area contributed by atoms with Crippen LogP contribution >= 0.6 is 11.8 Å². The summed E-state index contributed by atoms with van der Waals surface area (Å²) in [4.78, 5) is 22.1. The molecule has 0 aliphatic carbocycles. The normalized spacial score (nSPS) is 11.4. The molecule has 0 amide bonds. The van der Waals surface area contributed by atoms with Gasteiger partial charge < -0.3 is 4.74 Å². The van der Waals surface area contributed by atoms with E-state index in [0.717, 1.165) is 5.56 Å². The maximum Gasteiger partial charge on any atom is 0.329 e. The van der Waals surface area contributed by atoms with Crippen LogP contribution in [0.4, 0.5) is 8.78 Å². The number of imidazole rings is 1. The molecule has 6 nitrogen and oxygen atoms in total. The summed E-state index contributed by atoms with van der Waals surface area (Å²) in [6.45, 7) is -0.261. The topological polar surface area (TPSA) is 61.9 Å². The molecule has 5 rings (SSSR count). The van der Waals surface area contributed by atoms with Crippen LogP contribution < -0.4 is 10.4 Å². The highest BCUT2D eigenvalue weighted by molar-refractivity contribution is 7.98. The third kappa shape index (κ3) is 3.92. The molecule has 0 fully saturated rings. The summed E-state index contributed by atoms with van der Waals surface area (Å²) in [6.07, 6.45) is 1.53. The highest BCUT2D eigenvalue weighted by Gasteiger charge is 2.19. The number of hydrogen-bond acceptors (Lipinski definition) is 5. The molecule has 0 aliphatic rings. The van der Waals surface area contributed by atoms with Crippen LogP contribution in [0, 0.1) is 11.6 Å². The molecule has 172 valence electrons. The first kappa shape index (κ1) is 22.1. The first-order valence-corrected chi connectivity index (χ1v) is 11.5. The lowest BCUT2D eigenvalue weighted by atomic mass is 10.2. The average molecular weight is 479 g/mol. The van der Waals surface area contributed by atoms with Crippen molar-refractivity contribution in [2.45, 2.75) is 17.2 Å². The van der Waals surface area contributed by atoms with Crippen molar-refractivity contribution in [3.05, 3.63) is 94.0 Å². The van der Waals surface area contributed by atoms with Crippen molar-refractivity contribution >= 4 is 33.8 Å². The number of nitrogens with zero attached hydrogens (tertiary/aromatic N) is 4. The third-order valence-corrected chi connectivity index (χ3v) is 6.74. The molecule has 0 spiro atoms. The Labute approximate surface area is 197 Å². The molecule has 3 aromatic heterocycles. The molecule has 9 heteroatoms. The van der Waals surface area contributed by atoms with Gasteiger partial charge in [-0.3, -0.25) is 9.13 Å². The summed E-state index contributed by atoms with van der Waals surface area (Å²) in [6, 6.07) is 15.7. The van der Waals surface area contributed by atoms with Crippen LogP contribution in [0.3, 0.4) is 0 Å². The number of pyridine rings is 2. The molecular formula is C25H20F2N4O2S. The van der Waals surface area contributed by atoms with Crippen molar-refractivity contribution in [1.82, 2.24) is 19.1 Å². The van der Waals surface area contributed by atoms with Crippen LogP contribution in [0.5, 0.6) is 5.88 Å². The van der Waals surface area contributed by atoms with Crippen LogP contribution in [0.25, 0.3) is 22.1 Å². The smallest absolute Gasteiger partial charge is 0.329 e. The second kappa shape index (κ2) is 8.90. The van der Waals surface area contributed by atoms with E-state index in [0.29, 0.717) is 38.6 Å². The van der Waals surface area contributed by atoms with Crippen molar-refractivity contribution < 1.29 is 13.5 Å². The number of benzene rings is 2. The number of ether oxygens (including phenoxy) is 1. The number of hydrogen-bond donors (Lipinski definition) is 0. The maximum absolute atomic E-state index is 15.1.